The first kappa shape index (κ1) is 35.9. The number of anilines is 2. The van der Waals surface area contributed by atoms with Gasteiger partial charge in [0.05, 0.1) is 7.11 Å². The Balaban J connectivity index is 1.50. The van der Waals surface area contributed by atoms with Gasteiger partial charge in [0.25, 0.3) is 5.56 Å². The Bertz CT molecular complexity index is 1780. The number of nitrogens with one attached hydrogen (secondary N) is 2. The van der Waals surface area contributed by atoms with Crippen molar-refractivity contribution >= 4 is 28.4 Å². The second-order valence-corrected chi connectivity index (χ2v) is 13.5. The van der Waals surface area contributed by atoms with Crippen LogP contribution in [0, 0.1) is 0 Å². The number of rotatable bonds is 13. The summed E-state index contributed by atoms with van der Waals surface area (Å²) in [6.07, 6.45) is 3.41. The van der Waals surface area contributed by atoms with E-state index in [0.29, 0.717) is 30.1 Å². The maximum absolute atomic E-state index is 14.3. The van der Waals surface area contributed by atoms with Crippen LogP contribution in [0.2, 0.25) is 0 Å². The van der Waals surface area contributed by atoms with Gasteiger partial charge >= 0.3 is 6.03 Å². The molecule has 1 aliphatic heterocycles. The van der Waals surface area contributed by atoms with Crippen LogP contribution in [0.3, 0.4) is 0 Å². The Morgan fingerprint density at radius 1 is 0.898 bits per heavy atom. The first-order chi connectivity index (χ1) is 23.6. The lowest BCUT2D eigenvalue weighted by molar-refractivity contribution is 0.133. The van der Waals surface area contributed by atoms with Crippen LogP contribution in [-0.4, -0.2) is 78.9 Å². The van der Waals surface area contributed by atoms with Gasteiger partial charge in [-0.1, -0.05) is 53.2 Å². The van der Waals surface area contributed by atoms with Crippen LogP contribution in [0.1, 0.15) is 70.4 Å². The normalized spacial score (nSPS) is 14.1. The number of benzene rings is 2. The summed E-state index contributed by atoms with van der Waals surface area (Å²) in [7, 11) is 3.77. The molecular formula is C39H52N6O4. The summed E-state index contributed by atoms with van der Waals surface area (Å²) in [5.74, 6) is 1.67. The summed E-state index contributed by atoms with van der Waals surface area (Å²) in [5, 5.41) is 6.93. The van der Waals surface area contributed by atoms with Crippen molar-refractivity contribution in [1.82, 2.24) is 19.4 Å². The van der Waals surface area contributed by atoms with Crippen LogP contribution in [-0.2, 0) is 6.54 Å². The Morgan fingerprint density at radius 2 is 1.59 bits per heavy atom. The van der Waals surface area contributed by atoms with Crippen molar-refractivity contribution in [3.05, 3.63) is 76.2 Å². The van der Waals surface area contributed by atoms with Crippen molar-refractivity contribution in [2.45, 2.75) is 65.8 Å². The Morgan fingerprint density at radius 3 is 2.24 bits per heavy atom. The van der Waals surface area contributed by atoms with Gasteiger partial charge in [-0.05, 0) is 78.4 Å². The Hall–Kier alpha value is -4.41. The fourth-order valence-corrected chi connectivity index (χ4v) is 6.42. The van der Waals surface area contributed by atoms with Crippen molar-refractivity contribution in [2.24, 2.45) is 0 Å². The van der Waals surface area contributed by atoms with Crippen molar-refractivity contribution in [2.75, 3.05) is 64.1 Å². The van der Waals surface area contributed by atoms with Crippen molar-refractivity contribution in [3.63, 3.8) is 0 Å². The van der Waals surface area contributed by atoms with E-state index in [1.54, 1.807) is 17.9 Å². The molecule has 0 saturated carbocycles. The van der Waals surface area contributed by atoms with E-state index in [2.05, 4.69) is 67.1 Å². The summed E-state index contributed by atoms with van der Waals surface area (Å²) in [4.78, 5) is 37.7. The van der Waals surface area contributed by atoms with Gasteiger partial charge in [0.1, 0.15) is 29.4 Å². The number of aryl methyl sites for hydroxylation is 1. The van der Waals surface area contributed by atoms with Gasteiger partial charge in [0, 0.05) is 62.1 Å². The van der Waals surface area contributed by atoms with Crippen molar-refractivity contribution in [1.29, 1.82) is 0 Å². The number of amides is 2. The number of carbonyl (C=O) groups excluding carboxylic acids is 1. The number of aromatic nitrogens is 2. The zero-order valence-electron chi connectivity index (χ0n) is 30.1. The van der Waals surface area contributed by atoms with Crippen molar-refractivity contribution < 1.29 is 14.3 Å². The van der Waals surface area contributed by atoms with Gasteiger partial charge in [-0.25, -0.2) is 9.78 Å². The van der Waals surface area contributed by atoms with Gasteiger partial charge < -0.3 is 25.0 Å². The molecule has 262 valence electrons. The van der Waals surface area contributed by atoms with Gasteiger partial charge in [0.15, 0.2) is 0 Å². The number of ether oxygens (including phenoxy) is 2. The second-order valence-electron chi connectivity index (χ2n) is 13.5. The molecule has 2 amide bonds. The third kappa shape index (κ3) is 8.43. The molecule has 0 unspecified atom stereocenters. The third-order valence-corrected chi connectivity index (χ3v) is 9.28. The number of likely N-dealkylation sites (N-methyl/N-ethyl adjacent to an activating group) is 1. The molecule has 0 bridgehead atoms. The first-order valence-corrected chi connectivity index (χ1v) is 17.6. The Kier molecular flexibility index (Phi) is 12.0. The number of unbranched alkanes of at least 4 members (excludes halogenated alkanes) is 1. The fourth-order valence-electron chi connectivity index (χ4n) is 6.42. The maximum Gasteiger partial charge on any atom is 0.323 e. The lowest BCUT2D eigenvalue weighted by atomic mass is 9.92. The van der Waals surface area contributed by atoms with Crippen LogP contribution in [0.25, 0.3) is 22.2 Å². The number of nitrogens with zero attached hydrogens (tertiary/aromatic N) is 4. The van der Waals surface area contributed by atoms with Crippen LogP contribution in [0.15, 0.2) is 59.5 Å². The minimum Gasteiger partial charge on any atom is -0.497 e. The molecule has 3 heterocycles. The van der Waals surface area contributed by atoms with Crippen molar-refractivity contribution in [3.8, 4) is 22.6 Å². The van der Waals surface area contributed by atoms with Crippen LogP contribution in [0.5, 0.6) is 11.5 Å². The minimum atomic E-state index is -0.487. The average Bonchev–Trinajstić information content (AvgIpc) is 3.09. The summed E-state index contributed by atoms with van der Waals surface area (Å²) < 4.78 is 13.5. The molecule has 1 aliphatic rings. The number of methoxy groups -OCH3 is 1. The topological polar surface area (TPSA) is 101 Å². The van der Waals surface area contributed by atoms with E-state index in [9.17, 15) is 9.59 Å². The van der Waals surface area contributed by atoms with Gasteiger partial charge in [-0.2, -0.15) is 0 Å². The first-order valence-electron chi connectivity index (χ1n) is 17.6. The molecule has 0 spiro atoms. The minimum absolute atomic E-state index is 0.111. The largest absolute Gasteiger partial charge is 0.497 e. The lowest BCUT2D eigenvalue weighted by Gasteiger charge is -2.32. The number of carbonyl (C=O) groups is 1. The van der Waals surface area contributed by atoms with E-state index in [-0.39, 0.29) is 23.1 Å². The third-order valence-electron chi connectivity index (χ3n) is 9.28. The molecule has 2 N–H and O–H groups in total. The summed E-state index contributed by atoms with van der Waals surface area (Å²) in [6.45, 7) is 16.7. The van der Waals surface area contributed by atoms with E-state index < -0.39 is 6.03 Å². The highest BCUT2D eigenvalue weighted by Crippen LogP contribution is 2.38. The maximum atomic E-state index is 14.3. The second kappa shape index (κ2) is 16.3. The zero-order chi connectivity index (χ0) is 35.1. The smallest absolute Gasteiger partial charge is 0.323 e. The standard InChI is InChI=1S/C39H52N6O4/c1-8-9-16-45-37-31(14-11-15-40-37)34(28-12-10-13-29(23-28)48-7)36(38(45)46)42-39(47)41-35-32(26(2)3)24-30(25-33(35)27(4)5)49-22-21-44-19-17-43(6)18-20-44/h10-15,23-27H,8-9,16-22H2,1-7H3,(H2,41,42,47). The Labute approximate surface area is 290 Å². The molecule has 5 rings (SSSR count). The molecule has 2 aromatic heterocycles. The molecular weight excluding hydrogens is 616 g/mol. The number of piperazine rings is 1. The highest BCUT2D eigenvalue weighted by molar-refractivity contribution is 6.08. The zero-order valence-corrected chi connectivity index (χ0v) is 30.1. The fraction of sp³-hybridized carbons (Fsp3) is 0.462. The molecule has 49 heavy (non-hydrogen) atoms. The number of pyridine rings is 2. The van der Waals surface area contributed by atoms with Gasteiger partial charge in [-0.15, -0.1) is 0 Å². The van der Waals surface area contributed by atoms with Gasteiger partial charge in [-0.3, -0.25) is 14.3 Å². The highest BCUT2D eigenvalue weighted by atomic mass is 16.5. The predicted molar refractivity (Wildman–Crippen MR) is 200 cm³/mol. The SMILES string of the molecule is CCCCn1c(=O)c(NC(=O)Nc2c(C(C)C)cc(OCCN3CCN(C)CC3)cc2C(C)C)c(-c2cccc(OC)c2)c2cccnc21. The molecule has 10 heteroatoms. The molecule has 0 aliphatic carbocycles. The molecule has 2 aromatic carbocycles. The molecule has 1 fully saturated rings. The molecule has 0 radical (unpaired) electrons. The molecule has 10 nitrogen and oxygen atoms in total. The number of urea groups is 1. The van der Waals surface area contributed by atoms with E-state index in [0.717, 1.165) is 79.1 Å². The van der Waals surface area contributed by atoms with Gasteiger partial charge in [0.2, 0.25) is 0 Å². The number of hydrogen-bond acceptors (Lipinski definition) is 7. The van der Waals surface area contributed by atoms with Crippen LogP contribution >= 0.6 is 0 Å². The number of fused-ring (bicyclic) bond motifs is 1. The highest BCUT2D eigenvalue weighted by Gasteiger charge is 2.24. The molecule has 0 atom stereocenters. The average molecular weight is 669 g/mol. The van der Waals surface area contributed by atoms with Crippen LogP contribution in [0.4, 0.5) is 16.2 Å². The summed E-state index contributed by atoms with van der Waals surface area (Å²) >= 11 is 0. The molecule has 4 aromatic rings. The quantitative estimate of drug-likeness (QED) is 0.153. The predicted octanol–water partition coefficient (Wildman–Crippen LogP) is 7.39. The number of hydrogen-bond donors (Lipinski definition) is 2. The monoisotopic (exact) mass is 668 g/mol. The summed E-state index contributed by atoms with van der Waals surface area (Å²) in [5.41, 5.74) is 4.53. The van der Waals surface area contributed by atoms with E-state index in [4.69, 9.17) is 9.47 Å². The van der Waals surface area contributed by atoms with E-state index in [1.807, 2.05) is 48.5 Å². The molecule has 1 saturated heterocycles. The van der Waals surface area contributed by atoms with E-state index >= 15 is 0 Å². The lowest BCUT2D eigenvalue weighted by Crippen LogP contribution is -2.45. The van der Waals surface area contributed by atoms with E-state index in [1.165, 1.54) is 0 Å². The van der Waals surface area contributed by atoms with Crippen LogP contribution < -0.4 is 25.7 Å². The summed E-state index contributed by atoms with van der Waals surface area (Å²) in [6, 6.07) is 14.9.